The Balaban J connectivity index is 1.87. The Labute approximate surface area is 96.6 Å². The molecule has 0 aromatic heterocycles. The third kappa shape index (κ3) is 2.74. The van der Waals surface area contributed by atoms with Crippen molar-refractivity contribution in [3.63, 3.8) is 0 Å². The van der Waals surface area contributed by atoms with Crippen molar-refractivity contribution in [3.05, 3.63) is 0 Å². The standard InChI is InChI=1S/C12H21NO3/c14-8-10-3-1-5-13(7-10)12(15)11-4-2-6-16-9-11/h10-11,14H,1-9H2. The second-order valence-corrected chi connectivity index (χ2v) is 4.89. The van der Waals surface area contributed by atoms with Crippen LogP contribution in [0.25, 0.3) is 0 Å². The largest absolute Gasteiger partial charge is 0.396 e. The van der Waals surface area contributed by atoms with Crippen LogP contribution in [0.2, 0.25) is 0 Å². The van der Waals surface area contributed by atoms with Gasteiger partial charge in [-0.25, -0.2) is 0 Å². The first-order valence-electron chi connectivity index (χ1n) is 6.28. The number of aliphatic hydroxyl groups excluding tert-OH is 1. The van der Waals surface area contributed by atoms with Gasteiger partial charge in [0.1, 0.15) is 0 Å². The van der Waals surface area contributed by atoms with Crippen molar-refractivity contribution in [1.29, 1.82) is 0 Å². The first kappa shape index (κ1) is 11.9. The van der Waals surface area contributed by atoms with Crippen LogP contribution in [-0.4, -0.2) is 48.8 Å². The predicted octanol–water partition coefficient (Wildman–Crippen LogP) is 0.644. The lowest BCUT2D eigenvalue weighted by Gasteiger charge is -2.35. The fraction of sp³-hybridized carbons (Fsp3) is 0.917. The number of piperidine rings is 1. The van der Waals surface area contributed by atoms with Gasteiger partial charge >= 0.3 is 0 Å². The highest BCUT2D eigenvalue weighted by Crippen LogP contribution is 2.21. The maximum Gasteiger partial charge on any atom is 0.228 e. The third-order valence-corrected chi connectivity index (χ3v) is 3.60. The second-order valence-electron chi connectivity index (χ2n) is 4.89. The van der Waals surface area contributed by atoms with Gasteiger partial charge in [-0.1, -0.05) is 0 Å². The number of aliphatic hydroxyl groups is 1. The molecule has 0 saturated carbocycles. The number of nitrogens with zero attached hydrogens (tertiary/aromatic N) is 1. The topological polar surface area (TPSA) is 49.8 Å². The highest BCUT2D eigenvalue weighted by Gasteiger charge is 2.29. The molecule has 16 heavy (non-hydrogen) atoms. The Bertz CT molecular complexity index is 238. The van der Waals surface area contributed by atoms with Crippen molar-refractivity contribution in [2.24, 2.45) is 11.8 Å². The first-order chi connectivity index (χ1) is 7.81. The van der Waals surface area contributed by atoms with Gasteiger partial charge in [-0.05, 0) is 31.6 Å². The van der Waals surface area contributed by atoms with Crippen molar-refractivity contribution in [3.8, 4) is 0 Å². The lowest BCUT2D eigenvalue weighted by atomic mass is 9.95. The average Bonchev–Trinajstić information content (AvgIpc) is 2.39. The summed E-state index contributed by atoms with van der Waals surface area (Å²) in [6, 6.07) is 0. The number of ether oxygens (including phenoxy) is 1. The Hall–Kier alpha value is -0.610. The molecule has 0 aliphatic carbocycles. The van der Waals surface area contributed by atoms with Crippen molar-refractivity contribution < 1.29 is 14.6 Å². The van der Waals surface area contributed by atoms with Crippen LogP contribution in [0.5, 0.6) is 0 Å². The van der Waals surface area contributed by atoms with Crippen LogP contribution < -0.4 is 0 Å². The molecule has 1 N–H and O–H groups in total. The van der Waals surface area contributed by atoms with Crippen LogP contribution in [0.15, 0.2) is 0 Å². The molecule has 2 saturated heterocycles. The molecule has 2 atom stereocenters. The maximum atomic E-state index is 12.2. The third-order valence-electron chi connectivity index (χ3n) is 3.60. The van der Waals surface area contributed by atoms with Gasteiger partial charge in [0.15, 0.2) is 0 Å². The minimum absolute atomic E-state index is 0.0613. The zero-order valence-corrected chi connectivity index (χ0v) is 9.73. The van der Waals surface area contributed by atoms with E-state index in [1.807, 2.05) is 4.90 Å². The fourth-order valence-corrected chi connectivity index (χ4v) is 2.61. The average molecular weight is 227 g/mol. The van der Waals surface area contributed by atoms with Crippen LogP contribution in [0.4, 0.5) is 0 Å². The van der Waals surface area contributed by atoms with Gasteiger partial charge in [0.25, 0.3) is 0 Å². The smallest absolute Gasteiger partial charge is 0.228 e. The quantitative estimate of drug-likeness (QED) is 0.753. The number of hydrogen-bond donors (Lipinski definition) is 1. The predicted molar refractivity (Wildman–Crippen MR) is 59.9 cm³/mol. The number of amides is 1. The van der Waals surface area contributed by atoms with Gasteiger partial charge < -0.3 is 14.7 Å². The van der Waals surface area contributed by atoms with E-state index in [4.69, 9.17) is 9.84 Å². The molecule has 2 aliphatic rings. The van der Waals surface area contributed by atoms with E-state index in [9.17, 15) is 4.79 Å². The Kier molecular flexibility index (Phi) is 4.18. The lowest BCUT2D eigenvalue weighted by Crippen LogP contribution is -2.45. The van der Waals surface area contributed by atoms with Gasteiger partial charge in [0.05, 0.1) is 12.5 Å². The zero-order valence-electron chi connectivity index (χ0n) is 9.73. The minimum Gasteiger partial charge on any atom is -0.396 e. The van der Waals surface area contributed by atoms with Crippen molar-refractivity contribution >= 4 is 5.91 Å². The molecule has 1 amide bonds. The molecule has 2 aliphatic heterocycles. The van der Waals surface area contributed by atoms with E-state index in [1.54, 1.807) is 0 Å². The van der Waals surface area contributed by atoms with Gasteiger partial charge in [0, 0.05) is 26.3 Å². The first-order valence-corrected chi connectivity index (χ1v) is 6.28. The molecular weight excluding hydrogens is 206 g/mol. The second kappa shape index (κ2) is 5.64. The SMILES string of the molecule is O=C(C1CCCOC1)N1CCCC(CO)C1. The van der Waals surface area contributed by atoms with E-state index in [0.29, 0.717) is 6.61 Å². The molecule has 0 spiro atoms. The number of carbonyl (C=O) groups excluding carboxylic acids is 1. The Morgan fingerprint density at radius 3 is 2.94 bits per heavy atom. The van der Waals surface area contributed by atoms with Crippen molar-refractivity contribution in [2.75, 3.05) is 32.9 Å². The maximum absolute atomic E-state index is 12.2. The molecule has 2 fully saturated rings. The number of rotatable bonds is 2. The summed E-state index contributed by atoms with van der Waals surface area (Å²) in [4.78, 5) is 14.1. The van der Waals surface area contributed by atoms with Crippen LogP contribution in [0.1, 0.15) is 25.7 Å². The van der Waals surface area contributed by atoms with E-state index < -0.39 is 0 Å². The van der Waals surface area contributed by atoms with Crippen LogP contribution >= 0.6 is 0 Å². The lowest BCUT2D eigenvalue weighted by molar-refractivity contribution is -0.141. The summed E-state index contributed by atoms with van der Waals surface area (Å²) in [7, 11) is 0. The van der Waals surface area contributed by atoms with Crippen LogP contribution in [0, 0.1) is 11.8 Å². The van der Waals surface area contributed by atoms with Gasteiger partial charge in [0.2, 0.25) is 5.91 Å². The summed E-state index contributed by atoms with van der Waals surface area (Å²) in [6.45, 7) is 3.16. The van der Waals surface area contributed by atoms with E-state index in [0.717, 1.165) is 45.4 Å². The van der Waals surface area contributed by atoms with Crippen LogP contribution in [-0.2, 0) is 9.53 Å². The highest BCUT2D eigenvalue weighted by atomic mass is 16.5. The fourth-order valence-electron chi connectivity index (χ4n) is 2.61. The van der Waals surface area contributed by atoms with Crippen molar-refractivity contribution in [1.82, 2.24) is 4.90 Å². The summed E-state index contributed by atoms with van der Waals surface area (Å²) in [6.07, 6.45) is 4.01. The summed E-state index contributed by atoms with van der Waals surface area (Å²) in [5.41, 5.74) is 0. The van der Waals surface area contributed by atoms with Gasteiger partial charge in [-0.2, -0.15) is 0 Å². The van der Waals surface area contributed by atoms with Crippen molar-refractivity contribution in [2.45, 2.75) is 25.7 Å². The molecule has 2 heterocycles. The van der Waals surface area contributed by atoms with Crippen LogP contribution in [0.3, 0.4) is 0 Å². The summed E-state index contributed by atoms with van der Waals surface area (Å²) >= 11 is 0. The molecule has 0 aromatic carbocycles. The molecular formula is C12H21NO3. The van der Waals surface area contributed by atoms with E-state index >= 15 is 0 Å². The molecule has 4 nitrogen and oxygen atoms in total. The summed E-state index contributed by atoms with van der Waals surface area (Å²) < 4.78 is 5.35. The zero-order chi connectivity index (χ0) is 11.4. The normalized spacial score (nSPS) is 31.4. The molecule has 2 unspecified atom stereocenters. The number of hydrogen-bond acceptors (Lipinski definition) is 3. The molecule has 4 heteroatoms. The number of likely N-dealkylation sites (tertiary alicyclic amines) is 1. The molecule has 92 valence electrons. The summed E-state index contributed by atoms with van der Waals surface area (Å²) in [5, 5.41) is 9.14. The molecule has 0 aromatic rings. The Morgan fingerprint density at radius 2 is 2.25 bits per heavy atom. The van der Waals surface area contributed by atoms with Gasteiger partial charge in [-0.3, -0.25) is 4.79 Å². The number of carbonyl (C=O) groups is 1. The molecule has 0 radical (unpaired) electrons. The van der Waals surface area contributed by atoms with E-state index in [1.165, 1.54) is 0 Å². The van der Waals surface area contributed by atoms with Gasteiger partial charge in [-0.15, -0.1) is 0 Å². The summed E-state index contributed by atoms with van der Waals surface area (Å²) in [5.74, 6) is 0.575. The highest BCUT2D eigenvalue weighted by molar-refractivity contribution is 5.79. The van der Waals surface area contributed by atoms with E-state index in [2.05, 4.69) is 0 Å². The minimum atomic E-state index is 0.0613. The Morgan fingerprint density at radius 1 is 1.38 bits per heavy atom. The van der Waals surface area contributed by atoms with E-state index in [-0.39, 0.29) is 24.3 Å². The monoisotopic (exact) mass is 227 g/mol. The molecule has 0 bridgehead atoms. The molecule has 2 rings (SSSR count).